The van der Waals surface area contributed by atoms with Gasteiger partial charge in [0, 0.05) is 32.1 Å². The van der Waals surface area contributed by atoms with Crippen LogP contribution in [0.1, 0.15) is 39.2 Å². The molecular weight excluding hydrogens is 328 g/mol. The van der Waals surface area contributed by atoms with Gasteiger partial charge in [-0.1, -0.05) is 26.0 Å². The van der Waals surface area contributed by atoms with E-state index in [2.05, 4.69) is 53.8 Å². The molecule has 1 atom stereocenters. The number of nitrogens with zero attached hydrogens (tertiary/aromatic N) is 1. The van der Waals surface area contributed by atoms with E-state index in [9.17, 15) is 4.79 Å². The van der Waals surface area contributed by atoms with Crippen molar-refractivity contribution in [2.45, 2.75) is 46.1 Å². The number of rotatable bonds is 8. The first-order valence-corrected chi connectivity index (χ1v) is 9.60. The topological polar surface area (TPSA) is 74.8 Å². The Hall–Kier alpha value is -2.24. The highest BCUT2D eigenvalue weighted by molar-refractivity contribution is 5.81. The Morgan fingerprint density at radius 1 is 1.35 bits per heavy atom. The van der Waals surface area contributed by atoms with Gasteiger partial charge in [0.05, 0.1) is 6.61 Å². The Balaban J connectivity index is 1.80. The van der Waals surface area contributed by atoms with Gasteiger partial charge in [0.1, 0.15) is 5.75 Å². The van der Waals surface area contributed by atoms with Crippen molar-refractivity contribution in [1.82, 2.24) is 16.0 Å². The summed E-state index contributed by atoms with van der Waals surface area (Å²) in [4.78, 5) is 15.9. The molecule has 1 aromatic carbocycles. The molecule has 0 saturated carbocycles. The first kappa shape index (κ1) is 20.1. The zero-order valence-corrected chi connectivity index (χ0v) is 16.2. The Morgan fingerprint density at radius 3 is 2.73 bits per heavy atom. The molecule has 1 heterocycles. The fourth-order valence-corrected chi connectivity index (χ4v) is 2.68. The summed E-state index contributed by atoms with van der Waals surface area (Å²) in [6, 6.07) is 8.48. The van der Waals surface area contributed by atoms with E-state index >= 15 is 0 Å². The van der Waals surface area contributed by atoms with Gasteiger partial charge >= 0.3 is 0 Å². The Labute approximate surface area is 156 Å². The standard InChI is InChI=1S/C20H32N4O2/c1-4-21-20(24-17-7-10-19(25)23-13-17)22-12-11-16-5-8-18(9-6-16)26-14-15(2)3/h5-6,8-9,15,17H,4,7,10-14H2,1-3H3,(H,23,25)(H2,21,22,24). The van der Waals surface area contributed by atoms with Crippen LogP contribution in [0.2, 0.25) is 0 Å². The minimum absolute atomic E-state index is 0.130. The van der Waals surface area contributed by atoms with E-state index in [0.717, 1.165) is 37.7 Å². The van der Waals surface area contributed by atoms with E-state index in [4.69, 9.17) is 4.74 Å². The predicted molar refractivity (Wildman–Crippen MR) is 106 cm³/mol. The number of hydrogen-bond donors (Lipinski definition) is 3. The van der Waals surface area contributed by atoms with Gasteiger partial charge in [-0.05, 0) is 43.4 Å². The van der Waals surface area contributed by atoms with Gasteiger partial charge < -0.3 is 20.7 Å². The zero-order chi connectivity index (χ0) is 18.8. The molecule has 1 aromatic rings. The zero-order valence-electron chi connectivity index (χ0n) is 16.2. The summed E-state index contributed by atoms with van der Waals surface area (Å²) in [6.07, 6.45) is 2.29. The number of carbonyl (C=O) groups excluding carboxylic acids is 1. The van der Waals surface area contributed by atoms with Crippen LogP contribution in [0.3, 0.4) is 0 Å². The number of piperidine rings is 1. The maximum absolute atomic E-state index is 11.3. The van der Waals surface area contributed by atoms with Gasteiger partial charge in [-0.25, -0.2) is 0 Å². The van der Waals surface area contributed by atoms with Crippen molar-refractivity contribution < 1.29 is 9.53 Å². The molecule has 0 aromatic heterocycles. The Kier molecular flexibility index (Phi) is 8.25. The molecule has 0 aliphatic carbocycles. The van der Waals surface area contributed by atoms with Gasteiger partial charge in [0.2, 0.25) is 5.91 Å². The number of ether oxygens (including phenoxy) is 1. The number of guanidine groups is 1. The maximum Gasteiger partial charge on any atom is 0.220 e. The molecule has 1 saturated heterocycles. The summed E-state index contributed by atoms with van der Waals surface area (Å²) in [7, 11) is 0. The molecule has 1 aliphatic heterocycles. The number of aliphatic imine (C=N–C) groups is 1. The molecule has 1 unspecified atom stereocenters. The van der Waals surface area contributed by atoms with Crippen LogP contribution in [0.15, 0.2) is 29.3 Å². The SMILES string of the molecule is CCNC(=NCCc1ccc(OCC(C)C)cc1)NC1CCC(=O)NC1. The molecule has 2 rings (SSSR count). The summed E-state index contributed by atoms with van der Waals surface area (Å²) in [5.74, 6) is 2.38. The van der Waals surface area contributed by atoms with Crippen LogP contribution in [-0.4, -0.2) is 44.1 Å². The number of benzene rings is 1. The lowest BCUT2D eigenvalue weighted by atomic mass is 10.1. The van der Waals surface area contributed by atoms with Crippen LogP contribution in [0.25, 0.3) is 0 Å². The van der Waals surface area contributed by atoms with Crippen LogP contribution in [0.5, 0.6) is 5.75 Å². The first-order valence-electron chi connectivity index (χ1n) is 9.60. The quantitative estimate of drug-likeness (QED) is 0.490. The van der Waals surface area contributed by atoms with Crippen molar-refractivity contribution in [3.63, 3.8) is 0 Å². The number of carbonyl (C=O) groups is 1. The summed E-state index contributed by atoms with van der Waals surface area (Å²) in [5.41, 5.74) is 1.24. The molecule has 26 heavy (non-hydrogen) atoms. The second-order valence-corrected chi connectivity index (χ2v) is 7.04. The molecule has 1 aliphatic rings. The number of amides is 1. The van der Waals surface area contributed by atoms with E-state index < -0.39 is 0 Å². The normalized spacial score (nSPS) is 17.8. The average Bonchev–Trinajstić information content (AvgIpc) is 2.63. The molecule has 0 spiro atoms. The fraction of sp³-hybridized carbons (Fsp3) is 0.600. The average molecular weight is 361 g/mol. The lowest BCUT2D eigenvalue weighted by Gasteiger charge is -2.25. The third-order valence-electron chi connectivity index (χ3n) is 4.13. The monoisotopic (exact) mass is 360 g/mol. The fourth-order valence-electron chi connectivity index (χ4n) is 2.68. The van der Waals surface area contributed by atoms with Gasteiger partial charge in [0.15, 0.2) is 5.96 Å². The molecule has 6 heteroatoms. The minimum Gasteiger partial charge on any atom is -0.493 e. The Morgan fingerprint density at radius 2 is 2.12 bits per heavy atom. The van der Waals surface area contributed by atoms with Gasteiger partial charge in [-0.3, -0.25) is 9.79 Å². The molecule has 0 bridgehead atoms. The summed E-state index contributed by atoms with van der Waals surface area (Å²) in [5, 5.41) is 9.56. The lowest BCUT2D eigenvalue weighted by Crippen LogP contribution is -2.51. The van der Waals surface area contributed by atoms with Crippen molar-refractivity contribution >= 4 is 11.9 Å². The highest BCUT2D eigenvalue weighted by Gasteiger charge is 2.18. The Bertz CT molecular complexity index is 574. The maximum atomic E-state index is 11.3. The van der Waals surface area contributed by atoms with E-state index in [-0.39, 0.29) is 11.9 Å². The molecule has 1 fully saturated rings. The molecule has 1 amide bonds. The highest BCUT2D eigenvalue weighted by atomic mass is 16.5. The summed E-state index contributed by atoms with van der Waals surface area (Å²) >= 11 is 0. The lowest BCUT2D eigenvalue weighted by molar-refractivity contribution is -0.122. The van der Waals surface area contributed by atoms with E-state index in [1.165, 1.54) is 5.56 Å². The van der Waals surface area contributed by atoms with Crippen molar-refractivity contribution in [1.29, 1.82) is 0 Å². The van der Waals surface area contributed by atoms with E-state index in [1.54, 1.807) is 0 Å². The second kappa shape index (κ2) is 10.7. The van der Waals surface area contributed by atoms with Crippen LogP contribution >= 0.6 is 0 Å². The molecule has 144 valence electrons. The van der Waals surface area contributed by atoms with Gasteiger partial charge in [0.25, 0.3) is 0 Å². The molecule has 6 nitrogen and oxygen atoms in total. The van der Waals surface area contributed by atoms with Gasteiger partial charge in [-0.15, -0.1) is 0 Å². The van der Waals surface area contributed by atoms with Crippen LogP contribution in [0.4, 0.5) is 0 Å². The van der Waals surface area contributed by atoms with E-state index in [1.807, 2.05) is 12.1 Å². The third kappa shape index (κ3) is 7.33. The smallest absolute Gasteiger partial charge is 0.220 e. The van der Waals surface area contributed by atoms with Crippen molar-refractivity contribution in [3.05, 3.63) is 29.8 Å². The highest BCUT2D eigenvalue weighted by Crippen LogP contribution is 2.13. The van der Waals surface area contributed by atoms with Crippen LogP contribution in [0, 0.1) is 5.92 Å². The van der Waals surface area contributed by atoms with E-state index in [0.29, 0.717) is 25.4 Å². The first-order chi connectivity index (χ1) is 12.6. The van der Waals surface area contributed by atoms with Crippen LogP contribution < -0.4 is 20.7 Å². The summed E-state index contributed by atoms with van der Waals surface area (Å²) in [6.45, 7) is 9.25. The summed E-state index contributed by atoms with van der Waals surface area (Å²) < 4.78 is 5.71. The van der Waals surface area contributed by atoms with Crippen LogP contribution in [-0.2, 0) is 11.2 Å². The largest absolute Gasteiger partial charge is 0.493 e. The number of nitrogens with one attached hydrogen (secondary N) is 3. The number of hydrogen-bond acceptors (Lipinski definition) is 3. The second-order valence-electron chi connectivity index (χ2n) is 7.04. The molecule has 3 N–H and O–H groups in total. The third-order valence-corrected chi connectivity index (χ3v) is 4.13. The molecule has 0 radical (unpaired) electrons. The van der Waals surface area contributed by atoms with Crippen molar-refractivity contribution in [2.24, 2.45) is 10.9 Å². The predicted octanol–water partition coefficient (Wildman–Crippen LogP) is 2.10. The van der Waals surface area contributed by atoms with Crippen molar-refractivity contribution in [3.8, 4) is 5.75 Å². The molecular formula is C20H32N4O2. The minimum atomic E-state index is 0.130. The van der Waals surface area contributed by atoms with Gasteiger partial charge in [-0.2, -0.15) is 0 Å². The van der Waals surface area contributed by atoms with Crippen molar-refractivity contribution in [2.75, 3.05) is 26.2 Å².